The van der Waals surface area contributed by atoms with Gasteiger partial charge in [-0.15, -0.1) is 5.10 Å². The molecule has 0 unspecified atom stereocenters. The minimum Gasteiger partial charge on any atom is -0.365 e. The summed E-state index contributed by atoms with van der Waals surface area (Å²) in [6.07, 6.45) is 0.189. The lowest BCUT2D eigenvalue weighted by molar-refractivity contribution is -0.134. The molecule has 2 N–H and O–H groups in total. The summed E-state index contributed by atoms with van der Waals surface area (Å²) in [6, 6.07) is 26.0. The van der Waals surface area contributed by atoms with Crippen LogP contribution in [0.25, 0.3) is 27.9 Å². The van der Waals surface area contributed by atoms with Crippen LogP contribution in [0, 0.1) is 6.92 Å². The first kappa shape index (κ1) is 26.2. The summed E-state index contributed by atoms with van der Waals surface area (Å²) in [4.78, 5) is 39.3. The van der Waals surface area contributed by atoms with Crippen molar-refractivity contribution in [2.24, 2.45) is 0 Å². The number of carbonyl (C=O) groups is 2. The topological polar surface area (TPSA) is 108 Å². The van der Waals surface area contributed by atoms with E-state index in [2.05, 4.69) is 63.9 Å². The molecule has 1 atom stereocenters. The van der Waals surface area contributed by atoms with Crippen molar-refractivity contribution in [2.75, 3.05) is 30.0 Å². The van der Waals surface area contributed by atoms with E-state index < -0.39 is 0 Å². The number of carbonyl (C=O) groups excluding carboxylic acids is 2. The molecule has 0 bridgehead atoms. The molecule has 3 heterocycles. The van der Waals surface area contributed by atoms with E-state index in [9.17, 15) is 9.59 Å². The summed E-state index contributed by atoms with van der Waals surface area (Å²) >= 11 is 0. The molecular formula is C31H32N8O2. The van der Waals surface area contributed by atoms with Crippen LogP contribution in [0.4, 0.5) is 11.6 Å². The number of amides is 2. The van der Waals surface area contributed by atoms with Gasteiger partial charge in [0.15, 0.2) is 11.5 Å². The van der Waals surface area contributed by atoms with Crippen LogP contribution in [0.15, 0.2) is 78.9 Å². The average Bonchev–Trinajstić information content (AvgIpc) is 3.45. The van der Waals surface area contributed by atoms with Crippen LogP contribution in [0.3, 0.4) is 0 Å². The zero-order chi connectivity index (χ0) is 28.3. The molecule has 0 aliphatic carbocycles. The summed E-state index contributed by atoms with van der Waals surface area (Å²) in [6.45, 7) is 6.23. The number of anilines is 2. The van der Waals surface area contributed by atoms with Crippen LogP contribution in [0.1, 0.15) is 25.3 Å². The molecule has 1 aliphatic heterocycles. The zero-order valence-corrected chi connectivity index (χ0v) is 23.1. The predicted molar refractivity (Wildman–Crippen MR) is 159 cm³/mol. The number of hydrogen-bond acceptors (Lipinski definition) is 7. The number of piperazine rings is 1. The minimum atomic E-state index is -0.309. The summed E-state index contributed by atoms with van der Waals surface area (Å²) in [7, 11) is 0. The molecule has 0 radical (unpaired) electrons. The number of nitrogens with zero attached hydrogens (tertiary/aromatic N) is 6. The molecule has 1 saturated heterocycles. The minimum absolute atomic E-state index is 0.0223. The summed E-state index contributed by atoms with van der Waals surface area (Å²) in [5, 5.41) is 5.50. The number of aryl methyl sites for hydroxylation is 1. The lowest BCUT2D eigenvalue weighted by Gasteiger charge is -2.41. The first-order valence-electron chi connectivity index (χ1n) is 13.8. The molecule has 1 fully saturated rings. The third kappa shape index (κ3) is 5.54. The SMILES string of the molecule is Cc1cccc(N2CCN(C(=O)CCC(=O)NNc3nc4ccccc4c4nc(-c5ccccc5)nn34)C[C@H]2C)c1. The summed E-state index contributed by atoms with van der Waals surface area (Å²) in [5.41, 5.74) is 10.2. The van der Waals surface area contributed by atoms with Crippen molar-refractivity contribution in [3.8, 4) is 11.4 Å². The molecule has 3 aromatic carbocycles. The van der Waals surface area contributed by atoms with E-state index in [-0.39, 0.29) is 30.7 Å². The van der Waals surface area contributed by atoms with E-state index in [0.717, 1.165) is 23.0 Å². The Morgan fingerprint density at radius 1 is 0.927 bits per heavy atom. The van der Waals surface area contributed by atoms with Gasteiger partial charge in [-0.3, -0.25) is 20.4 Å². The Labute approximate surface area is 238 Å². The Morgan fingerprint density at radius 3 is 2.54 bits per heavy atom. The summed E-state index contributed by atoms with van der Waals surface area (Å²) < 4.78 is 1.59. The first-order valence-corrected chi connectivity index (χ1v) is 13.8. The van der Waals surface area contributed by atoms with Gasteiger partial charge in [0.05, 0.1) is 5.52 Å². The second-order valence-electron chi connectivity index (χ2n) is 10.4. The second kappa shape index (κ2) is 11.2. The van der Waals surface area contributed by atoms with Crippen LogP contribution < -0.4 is 15.8 Å². The van der Waals surface area contributed by atoms with Gasteiger partial charge in [0.2, 0.25) is 17.8 Å². The van der Waals surface area contributed by atoms with Gasteiger partial charge >= 0.3 is 0 Å². The highest BCUT2D eigenvalue weighted by Gasteiger charge is 2.27. The number of aromatic nitrogens is 4. The number of benzene rings is 3. The molecule has 6 rings (SSSR count). The average molecular weight is 549 g/mol. The largest absolute Gasteiger partial charge is 0.365 e. The van der Waals surface area contributed by atoms with Crippen LogP contribution in [-0.2, 0) is 9.59 Å². The number of para-hydroxylation sites is 1. The number of hydrogen-bond donors (Lipinski definition) is 2. The van der Waals surface area contributed by atoms with Gasteiger partial charge in [-0.1, -0.05) is 54.6 Å². The van der Waals surface area contributed by atoms with E-state index in [0.29, 0.717) is 30.5 Å². The maximum absolute atomic E-state index is 13.0. The van der Waals surface area contributed by atoms with Gasteiger partial charge in [-0.25, -0.2) is 9.97 Å². The van der Waals surface area contributed by atoms with Crippen molar-refractivity contribution in [3.63, 3.8) is 0 Å². The highest BCUT2D eigenvalue weighted by atomic mass is 16.2. The van der Waals surface area contributed by atoms with Crippen LogP contribution in [0.2, 0.25) is 0 Å². The van der Waals surface area contributed by atoms with Gasteiger partial charge in [0, 0.05) is 55.2 Å². The van der Waals surface area contributed by atoms with E-state index >= 15 is 0 Å². The molecule has 2 aromatic heterocycles. The van der Waals surface area contributed by atoms with E-state index in [1.807, 2.05) is 59.5 Å². The molecule has 5 aromatic rings. The third-order valence-corrected chi connectivity index (χ3v) is 7.40. The van der Waals surface area contributed by atoms with Gasteiger partial charge in [-0.05, 0) is 43.7 Å². The maximum Gasteiger partial charge on any atom is 0.245 e. The number of rotatable bonds is 7. The smallest absolute Gasteiger partial charge is 0.245 e. The van der Waals surface area contributed by atoms with E-state index in [1.165, 1.54) is 11.3 Å². The monoisotopic (exact) mass is 548 g/mol. The fraction of sp³-hybridized carbons (Fsp3) is 0.258. The van der Waals surface area contributed by atoms with Gasteiger partial charge in [0.1, 0.15) is 0 Å². The van der Waals surface area contributed by atoms with Gasteiger partial charge in [-0.2, -0.15) is 4.52 Å². The standard InChI is InChI=1S/C31H32N8O2/c1-21-9-8-12-24(19-21)38-18-17-37(20-22(38)2)28(41)16-15-27(40)34-35-31-32-26-14-7-6-13-25(26)30-33-29(36-39(30)31)23-10-4-3-5-11-23/h3-14,19,22H,15-18,20H2,1-2H3,(H,32,35)(H,34,40)/t22-/m1/s1. The Hall–Kier alpha value is -4.99. The third-order valence-electron chi connectivity index (χ3n) is 7.40. The lowest BCUT2D eigenvalue weighted by Crippen LogP contribution is -2.53. The number of hydrazine groups is 1. The fourth-order valence-corrected chi connectivity index (χ4v) is 5.29. The highest BCUT2D eigenvalue weighted by molar-refractivity contribution is 5.93. The lowest BCUT2D eigenvalue weighted by atomic mass is 10.1. The van der Waals surface area contributed by atoms with Gasteiger partial charge < -0.3 is 9.80 Å². The molecule has 2 amide bonds. The second-order valence-corrected chi connectivity index (χ2v) is 10.4. The van der Waals surface area contributed by atoms with Gasteiger partial charge in [0.25, 0.3) is 0 Å². The Bertz CT molecular complexity index is 1720. The highest BCUT2D eigenvalue weighted by Crippen LogP contribution is 2.24. The van der Waals surface area contributed by atoms with Crippen LogP contribution >= 0.6 is 0 Å². The molecule has 0 saturated carbocycles. The number of nitrogens with one attached hydrogen (secondary N) is 2. The molecule has 41 heavy (non-hydrogen) atoms. The molecule has 0 spiro atoms. The fourth-order valence-electron chi connectivity index (χ4n) is 5.29. The molecule has 10 heteroatoms. The van der Waals surface area contributed by atoms with Crippen molar-refractivity contribution >= 4 is 40.0 Å². The van der Waals surface area contributed by atoms with E-state index in [4.69, 9.17) is 4.98 Å². The molecule has 1 aliphatic rings. The zero-order valence-electron chi connectivity index (χ0n) is 23.1. The molecular weight excluding hydrogens is 516 g/mol. The van der Waals surface area contributed by atoms with Crippen molar-refractivity contribution < 1.29 is 9.59 Å². The molecule has 208 valence electrons. The van der Waals surface area contributed by atoms with Crippen molar-refractivity contribution in [2.45, 2.75) is 32.7 Å². The molecule has 10 nitrogen and oxygen atoms in total. The van der Waals surface area contributed by atoms with Crippen molar-refractivity contribution in [1.82, 2.24) is 29.9 Å². The number of fused-ring (bicyclic) bond motifs is 3. The Kier molecular flexibility index (Phi) is 7.20. The van der Waals surface area contributed by atoms with Crippen molar-refractivity contribution in [1.29, 1.82) is 0 Å². The normalized spacial score (nSPS) is 15.3. The predicted octanol–water partition coefficient (Wildman–Crippen LogP) is 4.21. The Morgan fingerprint density at radius 2 is 1.73 bits per heavy atom. The Balaban J connectivity index is 1.09. The van der Waals surface area contributed by atoms with Crippen molar-refractivity contribution in [3.05, 3.63) is 84.4 Å². The summed E-state index contributed by atoms with van der Waals surface area (Å²) in [5.74, 6) is 0.553. The maximum atomic E-state index is 13.0. The quantitative estimate of drug-likeness (QED) is 0.293. The van der Waals surface area contributed by atoms with Crippen LogP contribution in [0.5, 0.6) is 0 Å². The van der Waals surface area contributed by atoms with Crippen LogP contribution in [-0.4, -0.2) is 62.0 Å². The first-order chi connectivity index (χ1) is 20.0. The van der Waals surface area contributed by atoms with E-state index in [1.54, 1.807) is 4.52 Å².